The Morgan fingerprint density at radius 2 is 2.50 bits per heavy atom. The van der Waals surface area contributed by atoms with E-state index < -0.39 is 17.4 Å². The molecule has 2 aromatic rings. The largest absolute Gasteiger partial charge is 0.393 e. The van der Waals surface area contributed by atoms with E-state index in [0.29, 0.717) is 25.0 Å². The topological polar surface area (TPSA) is 141 Å². The second kappa shape index (κ2) is 6.30. The molecule has 1 saturated heterocycles. The van der Waals surface area contributed by atoms with E-state index in [4.69, 9.17) is 15.2 Å². The molecular formula is C14H20N6O4. The second-order valence-electron chi connectivity index (χ2n) is 5.73. The summed E-state index contributed by atoms with van der Waals surface area (Å²) in [6.45, 7) is 3.67. The number of hydrogen-bond donors (Lipinski definition) is 3. The third kappa shape index (κ3) is 2.58. The molecule has 0 aliphatic carbocycles. The summed E-state index contributed by atoms with van der Waals surface area (Å²) in [6.07, 6.45) is 1.57. The van der Waals surface area contributed by atoms with Crippen molar-refractivity contribution in [3.8, 4) is 0 Å². The molecule has 3 heterocycles. The van der Waals surface area contributed by atoms with Gasteiger partial charge in [0, 0.05) is 26.5 Å². The smallest absolute Gasteiger partial charge is 0.280 e. The Morgan fingerprint density at radius 1 is 1.71 bits per heavy atom. The summed E-state index contributed by atoms with van der Waals surface area (Å²) in [5, 5.41) is 9.88. The molecule has 2 aromatic heterocycles. The monoisotopic (exact) mass is 336 g/mol. The minimum Gasteiger partial charge on any atom is -0.393 e. The van der Waals surface area contributed by atoms with Gasteiger partial charge in [-0.3, -0.25) is 14.3 Å². The zero-order valence-corrected chi connectivity index (χ0v) is 13.3. The molecule has 10 heteroatoms. The summed E-state index contributed by atoms with van der Waals surface area (Å²) in [5.41, 5.74) is 4.81. The number of aromatic amines is 1. The lowest BCUT2D eigenvalue weighted by Gasteiger charge is -2.31. The maximum absolute atomic E-state index is 11.9. The fourth-order valence-electron chi connectivity index (χ4n) is 3.13. The molecule has 0 spiro atoms. The van der Waals surface area contributed by atoms with E-state index in [0.717, 1.165) is 0 Å². The van der Waals surface area contributed by atoms with Gasteiger partial charge < -0.3 is 25.3 Å². The van der Waals surface area contributed by atoms with Crippen molar-refractivity contribution < 1.29 is 14.6 Å². The third-order valence-corrected chi connectivity index (χ3v) is 4.38. The van der Waals surface area contributed by atoms with Crippen molar-refractivity contribution in [2.75, 3.05) is 26.0 Å². The van der Waals surface area contributed by atoms with Crippen molar-refractivity contribution >= 4 is 23.8 Å². The SMILES string of the molecule is C=NCCC1(CO)OC(n2cnc3c(=O)[nH]c(N)nc32)CC1OC. The van der Waals surface area contributed by atoms with Crippen LogP contribution in [0.4, 0.5) is 5.95 Å². The van der Waals surface area contributed by atoms with Crippen molar-refractivity contribution in [3.63, 3.8) is 0 Å². The van der Waals surface area contributed by atoms with Crippen molar-refractivity contribution in [2.24, 2.45) is 4.99 Å². The number of imidazole rings is 1. The average Bonchev–Trinajstić information content (AvgIpc) is 3.14. The first kappa shape index (κ1) is 16.6. The van der Waals surface area contributed by atoms with E-state index in [1.165, 1.54) is 6.33 Å². The molecule has 0 saturated carbocycles. The maximum Gasteiger partial charge on any atom is 0.280 e. The second-order valence-corrected chi connectivity index (χ2v) is 5.73. The molecule has 1 aliphatic rings. The minimum atomic E-state index is -0.899. The average molecular weight is 336 g/mol. The fourth-order valence-corrected chi connectivity index (χ4v) is 3.13. The summed E-state index contributed by atoms with van der Waals surface area (Å²) in [4.78, 5) is 26.3. The minimum absolute atomic E-state index is 0.000169. The van der Waals surface area contributed by atoms with Gasteiger partial charge in [-0.15, -0.1) is 0 Å². The van der Waals surface area contributed by atoms with Gasteiger partial charge in [-0.05, 0) is 6.72 Å². The van der Waals surface area contributed by atoms with Gasteiger partial charge in [0.2, 0.25) is 5.95 Å². The van der Waals surface area contributed by atoms with Crippen LogP contribution < -0.4 is 11.3 Å². The van der Waals surface area contributed by atoms with Crippen LogP contribution in [0.25, 0.3) is 11.2 Å². The summed E-state index contributed by atoms with van der Waals surface area (Å²) >= 11 is 0. The van der Waals surface area contributed by atoms with Crippen LogP contribution in [0.2, 0.25) is 0 Å². The number of ether oxygens (including phenoxy) is 2. The van der Waals surface area contributed by atoms with Gasteiger partial charge in [0.05, 0.1) is 19.0 Å². The van der Waals surface area contributed by atoms with Crippen LogP contribution in [0.1, 0.15) is 19.1 Å². The number of methoxy groups -OCH3 is 1. The molecule has 0 amide bonds. The number of anilines is 1. The molecule has 3 rings (SSSR count). The number of fused-ring (bicyclic) bond motifs is 1. The van der Waals surface area contributed by atoms with Crippen molar-refractivity contribution in [3.05, 3.63) is 16.7 Å². The van der Waals surface area contributed by atoms with Crippen LogP contribution in [-0.2, 0) is 9.47 Å². The lowest BCUT2D eigenvalue weighted by Crippen LogP contribution is -2.44. The third-order valence-electron chi connectivity index (χ3n) is 4.38. The first-order valence-corrected chi connectivity index (χ1v) is 7.51. The van der Waals surface area contributed by atoms with Crippen molar-refractivity contribution in [1.82, 2.24) is 19.5 Å². The number of aromatic nitrogens is 4. The summed E-state index contributed by atoms with van der Waals surface area (Å²) in [7, 11) is 1.56. The van der Waals surface area contributed by atoms with Gasteiger partial charge in [-0.25, -0.2) is 4.98 Å². The number of aliphatic imine (C=N–C) groups is 1. The van der Waals surface area contributed by atoms with E-state index in [9.17, 15) is 9.90 Å². The Hall–Kier alpha value is -2.30. The van der Waals surface area contributed by atoms with Crippen molar-refractivity contribution in [1.29, 1.82) is 0 Å². The van der Waals surface area contributed by atoms with Gasteiger partial charge in [0.1, 0.15) is 11.8 Å². The lowest BCUT2D eigenvalue weighted by molar-refractivity contribution is -0.136. The molecule has 4 N–H and O–H groups in total. The van der Waals surface area contributed by atoms with Crippen LogP contribution in [-0.4, -0.2) is 63.3 Å². The first-order valence-electron chi connectivity index (χ1n) is 7.51. The fraction of sp³-hybridized carbons (Fsp3) is 0.571. The van der Waals surface area contributed by atoms with E-state index in [1.54, 1.807) is 11.7 Å². The van der Waals surface area contributed by atoms with Crippen LogP contribution in [0.3, 0.4) is 0 Å². The first-order chi connectivity index (χ1) is 11.5. The summed E-state index contributed by atoms with van der Waals surface area (Å²) in [5.74, 6) is -0.000169. The number of aliphatic hydroxyl groups excluding tert-OH is 1. The van der Waals surface area contributed by atoms with Crippen LogP contribution in [0.5, 0.6) is 0 Å². The number of H-pyrrole nitrogens is 1. The standard InChI is InChI=1S/C14H20N6O4/c1-16-4-3-14(6-21)8(23-2)5-9(24-14)20-7-17-10-11(20)18-13(15)19-12(10)22/h7-9,21H,1,3-6H2,2H3,(H3,15,18,19,22). The molecule has 24 heavy (non-hydrogen) atoms. The number of nitrogens with zero attached hydrogens (tertiary/aromatic N) is 4. The highest BCUT2D eigenvalue weighted by Gasteiger charge is 2.49. The van der Waals surface area contributed by atoms with Crippen LogP contribution >= 0.6 is 0 Å². The molecular weight excluding hydrogens is 316 g/mol. The van der Waals surface area contributed by atoms with E-state index in [1.807, 2.05) is 0 Å². The van der Waals surface area contributed by atoms with Gasteiger partial charge in [-0.2, -0.15) is 4.98 Å². The number of rotatable bonds is 6. The van der Waals surface area contributed by atoms with E-state index >= 15 is 0 Å². The van der Waals surface area contributed by atoms with Gasteiger partial charge >= 0.3 is 0 Å². The highest BCUT2D eigenvalue weighted by atomic mass is 16.6. The molecule has 0 bridgehead atoms. The van der Waals surface area contributed by atoms with Gasteiger partial charge in [0.15, 0.2) is 11.2 Å². The number of nitrogens with one attached hydrogen (secondary N) is 1. The molecule has 130 valence electrons. The molecule has 10 nitrogen and oxygen atoms in total. The molecule has 0 aromatic carbocycles. The number of hydrogen-bond acceptors (Lipinski definition) is 8. The molecule has 3 atom stereocenters. The summed E-state index contributed by atoms with van der Waals surface area (Å²) in [6, 6.07) is 0. The van der Waals surface area contributed by atoms with Gasteiger partial charge in [-0.1, -0.05) is 0 Å². The zero-order chi connectivity index (χ0) is 17.3. The number of nitrogens with two attached hydrogens (primary N) is 1. The Balaban J connectivity index is 1.99. The normalized spacial score (nSPS) is 26.9. The molecule has 0 radical (unpaired) electrons. The maximum atomic E-state index is 11.9. The number of aliphatic hydroxyl groups is 1. The predicted molar refractivity (Wildman–Crippen MR) is 86.9 cm³/mol. The number of nitrogen functional groups attached to an aromatic ring is 1. The summed E-state index contributed by atoms with van der Waals surface area (Å²) < 4.78 is 13.2. The Kier molecular flexibility index (Phi) is 4.35. The van der Waals surface area contributed by atoms with E-state index in [-0.39, 0.29) is 24.2 Å². The predicted octanol–water partition coefficient (Wildman–Crippen LogP) is -0.542. The Morgan fingerprint density at radius 3 is 3.17 bits per heavy atom. The van der Waals surface area contributed by atoms with E-state index in [2.05, 4.69) is 26.7 Å². The van der Waals surface area contributed by atoms with Crippen molar-refractivity contribution in [2.45, 2.75) is 30.8 Å². The highest BCUT2D eigenvalue weighted by molar-refractivity contribution is 5.70. The molecule has 1 fully saturated rings. The quantitative estimate of drug-likeness (QED) is 0.601. The lowest BCUT2D eigenvalue weighted by atomic mass is 9.93. The molecule has 3 unspecified atom stereocenters. The highest BCUT2D eigenvalue weighted by Crippen LogP contribution is 2.41. The Bertz CT molecular complexity index is 802. The Labute approximate surface area is 137 Å². The van der Waals surface area contributed by atoms with Crippen LogP contribution in [0.15, 0.2) is 16.1 Å². The van der Waals surface area contributed by atoms with Gasteiger partial charge in [0.25, 0.3) is 5.56 Å². The zero-order valence-electron chi connectivity index (χ0n) is 13.3. The molecule has 1 aliphatic heterocycles. The van der Waals surface area contributed by atoms with Crippen LogP contribution in [0, 0.1) is 0 Å².